The van der Waals surface area contributed by atoms with Crippen LogP contribution in [0, 0.1) is 11.3 Å². The molecule has 0 aromatic carbocycles. The first-order valence-corrected chi connectivity index (χ1v) is 8.59. The second kappa shape index (κ2) is 7.93. The molecule has 1 fully saturated rings. The second-order valence-electron chi connectivity index (χ2n) is 6.38. The Morgan fingerprint density at radius 1 is 1.35 bits per heavy atom. The van der Waals surface area contributed by atoms with Gasteiger partial charge in [0.15, 0.2) is 0 Å². The zero-order valence-electron chi connectivity index (χ0n) is 14.6. The minimum absolute atomic E-state index is 0.111. The number of aromatic nitrogens is 2. The Morgan fingerprint density at radius 3 is 2.77 bits per heavy atom. The summed E-state index contributed by atoms with van der Waals surface area (Å²) in [5.74, 6) is 1.55. The number of anilines is 2. The van der Waals surface area contributed by atoms with Crippen molar-refractivity contribution in [2.24, 2.45) is 0 Å². The monoisotopic (exact) mass is 351 g/mol. The normalized spacial score (nSPS) is 14.7. The fourth-order valence-corrected chi connectivity index (χ4v) is 3.22. The van der Waals surface area contributed by atoms with Gasteiger partial charge in [-0.1, -0.05) is 0 Å². The van der Waals surface area contributed by atoms with Crippen molar-refractivity contribution in [3.05, 3.63) is 47.3 Å². The third-order valence-electron chi connectivity index (χ3n) is 4.62. The largest absolute Gasteiger partial charge is 0.390 e. The summed E-state index contributed by atoms with van der Waals surface area (Å²) >= 11 is 0. The molecule has 0 radical (unpaired) electrons. The minimum Gasteiger partial charge on any atom is -0.390 e. The first-order valence-electron chi connectivity index (χ1n) is 8.59. The zero-order valence-corrected chi connectivity index (χ0v) is 14.6. The highest BCUT2D eigenvalue weighted by Crippen LogP contribution is 2.30. The molecular formula is C19H21N5O2. The number of nitriles is 1. The lowest BCUT2D eigenvalue weighted by molar-refractivity contribution is -0.129. The van der Waals surface area contributed by atoms with Gasteiger partial charge in [-0.2, -0.15) is 5.26 Å². The molecule has 2 aromatic rings. The van der Waals surface area contributed by atoms with E-state index in [0.29, 0.717) is 28.8 Å². The van der Waals surface area contributed by atoms with E-state index in [9.17, 15) is 9.90 Å². The summed E-state index contributed by atoms with van der Waals surface area (Å²) in [6.07, 6.45) is 3.33. The summed E-state index contributed by atoms with van der Waals surface area (Å²) in [5, 5.41) is 21.7. The van der Waals surface area contributed by atoms with Gasteiger partial charge in [0.2, 0.25) is 5.91 Å². The van der Waals surface area contributed by atoms with Gasteiger partial charge in [-0.15, -0.1) is 0 Å². The number of hydrogen-bond acceptors (Lipinski definition) is 6. The smallest absolute Gasteiger partial charge is 0.219 e. The fraction of sp³-hybridized carbons (Fsp3) is 0.368. The van der Waals surface area contributed by atoms with Gasteiger partial charge in [-0.05, 0) is 48.6 Å². The molecule has 134 valence electrons. The molecule has 7 heteroatoms. The SMILES string of the molecule is CC(=O)N1CCC(c2cc(CO)nc(Nc3cc(C#N)ccn3)c2)CC1. The standard InChI is InChI=1S/C19H21N5O2/c1-13(26)24-6-3-15(4-7-24)16-9-17(12-25)22-19(10-16)23-18-8-14(11-20)2-5-21-18/h2,5,8-10,15,25H,3-4,6-7,12H2,1H3,(H,21,22,23). The summed E-state index contributed by atoms with van der Waals surface area (Å²) in [7, 11) is 0. The number of rotatable bonds is 4. The maximum Gasteiger partial charge on any atom is 0.219 e. The second-order valence-corrected chi connectivity index (χ2v) is 6.38. The first kappa shape index (κ1) is 17.8. The number of carbonyl (C=O) groups is 1. The molecule has 0 saturated carbocycles. The van der Waals surface area contributed by atoms with E-state index in [-0.39, 0.29) is 12.5 Å². The van der Waals surface area contributed by atoms with Crippen LogP contribution in [0.25, 0.3) is 0 Å². The average molecular weight is 351 g/mol. The van der Waals surface area contributed by atoms with E-state index in [0.717, 1.165) is 31.5 Å². The molecule has 1 saturated heterocycles. The molecule has 1 aliphatic rings. The lowest BCUT2D eigenvalue weighted by Crippen LogP contribution is -2.36. The lowest BCUT2D eigenvalue weighted by Gasteiger charge is -2.31. The molecule has 7 nitrogen and oxygen atoms in total. The van der Waals surface area contributed by atoms with Crippen molar-refractivity contribution in [2.45, 2.75) is 32.3 Å². The van der Waals surface area contributed by atoms with Crippen molar-refractivity contribution in [1.82, 2.24) is 14.9 Å². The zero-order chi connectivity index (χ0) is 18.5. The number of aliphatic hydroxyl groups excluding tert-OH is 1. The first-order chi connectivity index (χ1) is 12.6. The van der Waals surface area contributed by atoms with Crippen LogP contribution in [-0.2, 0) is 11.4 Å². The van der Waals surface area contributed by atoms with Crippen LogP contribution in [0.2, 0.25) is 0 Å². The molecule has 0 unspecified atom stereocenters. The highest BCUT2D eigenvalue weighted by molar-refractivity contribution is 5.73. The van der Waals surface area contributed by atoms with Gasteiger partial charge in [0.1, 0.15) is 11.6 Å². The van der Waals surface area contributed by atoms with E-state index in [4.69, 9.17) is 5.26 Å². The Morgan fingerprint density at radius 2 is 2.12 bits per heavy atom. The summed E-state index contributed by atoms with van der Waals surface area (Å²) < 4.78 is 0. The molecular weight excluding hydrogens is 330 g/mol. The molecule has 26 heavy (non-hydrogen) atoms. The molecule has 0 atom stereocenters. The molecule has 1 amide bonds. The van der Waals surface area contributed by atoms with E-state index in [1.54, 1.807) is 25.3 Å². The van der Waals surface area contributed by atoms with Crippen molar-refractivity contribution in [3.63, 3.8) is 0 Å². The van der Waals surface area contributed by atoms with Crippen LogP contribution < -0.4 is 5.32 Å². The van der Waals surface area contributed by atoms with E-state index < -0.39 is 0 Å². The van der Waals surface area contributed by atoms with Crippen LogP contribution in [0.5, 0.6) is 0 Å². The van der Waals surface area contributed by atoms with E-state index in [1.807, 2.05) is 17.0 Å². The van der Waals surface area contributed by atoms with Gasteiger partial charge >= 0.3 is 0 Å². The summed E-state index contributed by atoms with van der Waals surface area (Å²) in [6.45, 7) is 2.93. The van der Waals surface area contributed by atoms with Crippen molar-refractivity contribution in [3.8, 4) is 6.07 Å². The van der Waals surface area contributed by atoms with Gasteiger partial charge in [0.25, 0.3) is 0 Å². The van der Waals surface area contributed by atoms with Crippen molar-refractivity contribution >= 4 is 17.5 Å². The molecule has 3 heterocycles. The number of piperidine rings is 1. The molecule has 0 aliphatic carbocycles. The lowest BCUT2D eigenvalue weighted by atomic mass is 9.89. The van der Waals surface area contributed by atoms with Crippen LogP contribution in [0.1, 0.15) is 42.5 Å². The quantitative estimate of drug-likeness (QED) is 0.876. The summed E-state index contributed by atoms with van der Waals surface area (Å²) in [6, 6.07) is 9.23. The highest BCUT2D eigenvalue weighted by Gasteiger charge is 2.22. The molecule has 0 spiro atoms. The number of amides is 1. The van der Waals surface area contributed by atoms with Crippen LogP contribution in [0.4, 0.5) is 11.6 Å². The number of carbonyl (C=O) groups excluding carboxylic acids is 1. The van der Waals surface area contributed by atoms with E-state index in [1.165, 1.54) is 0 Å². The predicted octanol–water partition coefficient (Wildman–Crippen LogP) is 2.31. The third kappa shape index (κ3) is 4.16. The molecule has 3 rings (SSSR count). The van der Waals surface area contributed by atoms with Gasteiger partial charge < -0.3 is 15.3 Å². The van der Waals surface area contributed by atoms with Crippen LogP contribution >= 0.6 is 0 Å². The average Bonchev–Trinajstić information content (AvgIpc) is 2.68. The van der Waals surface area contributed by atoms with E-state index >= 15 is 0 Å². The van der Waals surface area contributed by atoms with Crippen LogP contribution in [-0.4, -0.2) is 39.0 Å². The summed E-state index contributed by atoms with van der Waals surface area (Å²) in [5.41, 5.74) is 2.18. The van der Waals surface area contributed by atoms with Crippen molar-refractivity contribution < 1.29 is 9.90 Å². The number of pyridine rings is 2. The number of nitrogens with one attached hydrogen (secondary N) is 1. The Hall–Kier alpha value is -2.98. The van der Waals surface area contributed by atoms with E-state index in [2.05, 4.69) is 21.4 Å². The number of likely N-dealkylation sites (tertiary alicyclic amines) is 1. The van der Waals surface area contributed by atoms with Crippen LogP contribution in [0.3, 0.4) is 0 Å². The molecule has 1 aliphatic heterocycles. The maximum absolute atomic E-state index is 11.5. The fourth-order valence-electron chi connectivity index (χ4n) is 3.22. The molecule has 0 bridgehead atoms. The van der Waals surface area contributed by atoms with Gasteiger partial charge in [0.05, 0.1) is 23.9 Å². The van der Waals surface area contributed by atoms with Gasteiger partial charge in [-0.25, -0.2) is 9.97 Å². The molecule has 2 N–H and O–H groups in total. The maximum atomic E-state index is 11.5. The third-order valence-corrected chi connectivity index (χ3v) is 4.62. The Kier molecular flexibility index (Phi) is 5.44. The van der Waals surface area contributed by atoms with Crippen molar-refractivity contribution in [2.75, 3.05) is 18.4 Å². The predicted molar refractivity (Wildman–Crippen MR) is 96.6 cm³/mol. The topological polar surface area (TPSA) is 102 Å². The van der Waals surface area contributed by atoms with Crippen LogP contribution in [0.15, 0.2) is 30.5 Å². The Balaban J connectivity index is 1.80. The number of nitrogens with zero attached hydrogens (tertiary/aromatic N) is 4. The Labute approximate surface area is 152 Å². The van der Waals surface area contributed by atoms with Gasteiger partial charge in [-0.3, -0.25) is 4.79 Å². The van der Waals surface area contributed by atoms with Crippen molar-refractivity contribution in [1.29, 1.82) is 5.26 Å². The van der Waals surface area contributed by atoms with Gasteiger partial charge in [0, 0.05) is 26.2 Å². The highest BCUT2D eigenvalue weighted by atomic mass is 16.3. The number of hydrogen-bond donors (Lipinski definition) is 2. The molecule has 2 aromatic heterocycles. The Bertz CT molecular complexity index is 838. The summed E-state index contributed by atoms with van der Waals surface area (Å²) in [4.78, 5) is 22.0. The minimum atomic E-state index is -0.152. The number of aliphatic hydroxyl groups is 1.